The first kappa shape index (κ1) is 13.6. The summed E-state index contributed by atoms with van der Waals surface area (Å²) < 4.78 is 5.11. The minimum absolute atomic E-state index is 0.415. The van der Waals surface area contributed by atoms with Crippen LogP contribution in [0, 0.1) is 5.92 Å². The number of hydrazine groups is 1. The number of nitrogens with one attached hydrogen (secondary N) is 1. The van der Waals surface area contributed by atoms with Crippen molar-refractivity contribution in [2.75, 3.05) is 31.0 Å². The molecule has 90 valence electrons. The monoisotopic (exact) mass is 250 g/mol. The molecule has 3 unspecified atom stereocenters. The Morgan fingerprint density at radius 2 is 2.33 bits per heavy atom. The third-order valence-corrected chi connectivity index (χ3v) is 5.71. The predicted molar refractivity (Wildman–Crippen MR) is 70.3 cm³/mol. The Labute approximate surface area is 101 Å². The van der Waals surface area contributed by atoms with E-state index in [4.69, 9.17) is 10.6 Å². The maximum Gasteiger partial charge on any atom is 0.0465 e. The normalized spacial score (nSPS) is 26.2. The molecule has 0 saturated carbocycles. The Morgan fingerprint density at radius 1 is 1.53 bits per heavy atom. The second-order valence-corrected chi connectivity index (χ2v) is 6.43. The molecule has 1 aliphatic rings. The highest BCUT2D eigenvalue weighted by atomic mass is 32.2. The highest BCUT2D eigenvalue weighted by molar-refractivity contribution is 8.06. The maximum atomic E-state index is 5.66. The van der Waals surface area contributed by atoms with E-state index in [1.165, 1.54) is 17.3 Å². The molecule has 0 spiro atoms. The molecule has 3 nitrogen and oxygen atoms in total. The van der Waals surface area contributed by atoms with Gasteiger partial charge in [-0.25, -0.2) is 0 Å². The molecule has 1 rings (SSSR count). The maximum absolute atomic E-state index is 5.66. The van der Waals surface area contributed by atoms with Gasteiger partial charge in [-0.15, -0.1) is 0 Å². The minimum atomic E-state index is 0.415. The summed E-state index contributed by atoms with van der Waals surface area (Å²) in [6, 6.07) is 0.415. The number of nitrogens with two attached hydrogens (primary N) is 1. The van der Waals surface area contributed by atoms with Crippen LogP contribution in [0.4, 0.5) is 0 Å². The molecule has 1 heterocycles. The van der Waals surface area contributed by atoms with Crippen molar-refractivity contribution in [3.05, 3.63) is 0 Å². The van der Waals surface area contributed by atoms with Crippen molar-refractivity contribution in [1.82, 2.24) is 5.43 Å². The largest absolute Gasteiger partial charge is 0.385 e. The van der Waals surface area contributed by atoms with Crippen LogP contribution in [0.1, 0.15) is 13.3 Å². The van der Waals surface area contributed by atoms with Crippen LogP contribution in [-0.4, -0.2) is 42.3 Å². The van der Waals surface area contributed by atoms with Crippen molar-refractivity contribution in [1.29, 1.82) is 0 Å². The van der Waals surface area contributed by atoms with E-state index < -0.39 is 0 Å². The van der Waals surface area contributed by atoms with Crippen molar-refractivity contribution < 1.29 is 4.74 Å². The summed E-state index contributed by atoms with van der Waals surface area (Å²) in [4.78, 5) is 0. The molecule has 0 bridgehead atoms. The molecule has 0 radical (unpaired) electrons. The van der Waals surface area contributed by atoms with Gasteiger partial charge in [-0.2, -0.15) is 23.5 Å². The van der Waals surface area contributed by atoms with Gasteiger partial charge < -0.3 is 4.74 Å². The predicted octanol–water partition coefficient (Wildman–Crippen LogP) is 1.34. The summed E-state index contributed by atoms with van der Waals surface area (Å²) in [7, 11) is 1.75. The van der Waals surface area contributed by atoms with Gasteiger partial charge in [-0.1, -0.05) is 6.92 Å². The third-order valence-electron chi connectivity index (χ3n) is 2.83. The Morgan fingerprint density at radius 3 is 2.87 bits per heavy atom. The van der Waals surface area contributed by atoms with E-state index >= 15 is 0 Å². The molecule has 1 fully saturated rings. The highest BCUT2D eigenvalue weighted by Gasteiger charge is 2.27. The van der Waals surface area contributed by atoms with E-state index in [-0.39, 0.29) is 0 Å². The van der Waals surface area contributed by atoms with Crippen LogP contribution in [0.5, 0.6) is 0 Å². The molecular weight excluding hydrogens is 228 g/mol. The number of hydrogen-bond donors (Lipinski definition) is 2. The Kier molecular flexibility index (Phi) is 7.08. The van der Waals surface area contributed by atoms with Crippen molar-refractivity contribution in [3.63, 3.8) is 0 Å². The van der Waals surface area contributed by atoms with Gasteiger partial charge in [0.15, 0.2) is 0 Å². The van der Waals surface area contributed by atoms with Crippen LogP contribution in [0.25, 0.3) is 0 Å². The molecule has 0 aliphatic carbocycles. The molecule has 0 amide bonds. The van der Waals surface area contributed by atoms with E-state index in [1.54, 1.807) is 7.11 Å². The fourth-order valence-corrected chi connectivity index (χ4v) is 4.83. The van der Waals surface area contributed by atoms with Crippen molar-refractivity contribution in [3.8, 4) is 0 Å². The molecule has 0 aromatic rings. The lowest BCUT2D eigenvalue weighted by Crippen LogP contribution is -2.49. The first-order valence-electron chi connectivity index (χ1n) is 5.44. The minimum Gasteiger partial charge on any atom is -0.385 e. The Hall–Kier alpha value is 0.580. The second kappa shape index (κ2) is 7.79. The average molecular weight is 250 g/mol. The lowest BCUT2D eigenvalue weighted by Gasteiger charge is -2.33. The van der Waals surface area contributed by atoms with Gasteiger partial charge >= 0.3 is 0 Å². The fraction of sp³-hybridized carbons (Fsp3) is 1.00. The summed E-state index contributed by atoms with van der Waals surface area (Å²) >= 11 is 4.09. The van der Waals surface area contributed by atoms with Crippen LogP contribution in [-0.2, 0) is 4.74 Å². The van der Waals surface area contributed by atoms with Crippen LogP contribution in [0.2, 0.25) is 0 Å². The smallest absolute Gasteiger partial charge is 0.0465 e. The van der Waals surface area contributed by atoms with Crippen molar-refractivity contribution >= 4 is 23.5 Å². The van der Waals surface area contributed by atoms with Gasteiger partial charge in [0.1, 0.15) is 0 Å². The SMILES string of the molecule is COCCC(C)C(NN)C1CSCCS1. The first-order valence-corrected chi connectivity index (χ1v) is 7.64. The standard InChI is InChI=1S/C10H22N2OS2/c1-8(3-4-13-2)10(12-11)9-7-14-5-6-15-9/h8-10,12H,3-7,11H2,1-2H3. The Bertz CT molecular complexity index is 166. The zero-order chi connectivity index (χ0) is 11.1. The summed E-state index contributed by atoms with van der Waals surface area (Å²) in [5.41, 5.74) is 2.99. The zero-order valence-corrected chi connectivity index (χ0v) is 11.2. The van der Waals surface area contributed by atoms with E-state index in [2.05, 4.69) is 24.1 Å². The number of methoxy groups -OCH3 is 1. The number of hydrogen-bond acceptors (Lipinski definition) is 5. The molecule has 3 atom stereocenters. The molecule has 15 heavy (non-hydrogen) atoms. The van der Waals surface area contributed by atoms with Gasteiger partial charge in [-0.3, -0.25) is 11.3 Å². The van der Waals surface area contributed by atoms with E-state index in [0.29, 0.717) is 17.2 Å². The van der Waals surface area contributed by atoms with Crippen LogP contribution in [0.3, 0.4) is 0 Å². The molecular formula is C10H22N2OS2. The van der Waals surface area contributed by atoms with Crippen LogP contribution < -0.4 is 11.3 Å². The van der Waals surface area contributed by atoms with Crippen molar-refractivity contribution in [2.24, 2.45) is 11.8 Å². The zero-order valence-electron chi connectivity index (χ0n) is 9.57. The molecule has 0 aromatic heterocycles. The van der Waals surface area contributed by atoms with E-state index in [0.717, 1.165) is 13.0 Å². The number of rotatable bonds is 6. The first-order chi connectivity index (χ1) is 7.29. The molecule has 5 heteroatoms. The molecule has 1 saturated heterocycles. The number of thioether (sulfide) groups is 2. The van der Waals surface area contributed by atoms with Crippen molar-refractivity contribution in [2.45, 2.75) is 24.6 Å². The molecule has 1 aliphatic heterocycles. The summed E-state index contributed by atoms with van der Waals surface area (Å²) in [5.74, 6) is 9.99. The van der Waals surface area contributed by atoms with Gasteiger partial charge in [-0.05, 0) is 12.3 Å². The number of ether oxygens (including phenoxy) is 1. The lowest BCUT2D eigenvalue weighted by molar-refractivity contribution is 0.170. The quantitative estimate of drug-likeness (QED) is 0.550. The molecule has 0 aromatic carbocycles. The fourth-order valence-electron chi connectivity index (χ4n) is 1.83. The topological polar surface area (TPSA) is 47.3 Å². The second-order valence-electron chi connectivity index (χ2n) is 3.94. The summed E-state index contributed by atoms with van der Waals surface area (Å²) in [6.07, 6.45) is 1.08. The van der Waals surface area contributed by atoms with Gasteiger partial charge in [0, 0.05) is 42.3 Å². The average Bonchev–Trinajstić information content (AvgIpc) is 2.29. The van der Waals surface area contributed by atoms with Gasteiger partial charge in [0.2, 0.25) is 0 Å². The van der Waals surface area contributed by atoms with Gasteiger partial charge in [0.25, 0.3) is 0 Å². The summed E-state index contributed by atoms with van der Waals surface area (Å²) in [5, 5.41) is 0.653. The third kappa shape index (κ3) is 4.53. The van der Waals surface area contributed by atoms with E-state index in [1.807, 2.05) is 11.8 Å². The Balaban J connectivity index is 2.37. The van der Waals surface area contributed by atoms with Gasteiger partial charge in [0.05, 0.1) is 0 Å². The molecule has 3 N–H and O–H groups in total. The lowest BCUT2D eigenvalue weighted by atomic mass is 9.97. The van der Waals surface area contributed by atoms with E-state index in [9.17, 15) is 0 Å². The van der Waals surface area contributed by atoms with Crippen LogP contribution >= 0.6 is 23.5 Å². The highest BCUT2D eigenvalue weighted by Crippen LogP contribution is 2.29. The summed E-state index contributed by atoms with van der Waals surface area (Å²) in [6.45, 7) is 3.08. The van der Waals surface area contributed by atoms with Crippen LogP contribution in [0.15, 0.2) is 0 Å².